The molecule has 1 aromatic heterocycles. The summed E-state index contributed by atoms with van der Waals surface area (Å²) in [4.78, 5) is 5.92. The van der Waals surface area contributed by atoms with Gasteiger partial charge in [0.05, 0.1) is 6.61 Å². The summed E-state index contributed by atoms with van der Waals surface area (Å²) in [6, 6.07) is 17.0. The van der Waals surface area contributed by atoms with E-state index in [1.807, 2.05) is 18.3 Å². The third-order valence-corrected chi connectivity index (χ3v) is 5.43. The van der Waals surface area contributed by atoms with Crippen LogP contribution in [0.1, 0.15) is 38.0 Å². The van der Waals surface area contributed by atoms with Gasteiger partial charge in [0.25, 0.3) is 0 Å². The first-order valence-corrected chi connectivity index (χ1v) is 10.5. The molecule has 0 unspecified atom stereocenters. The Morgan fingerprint density at radius 3 is 2.22 bits per heavy atom. The number of allylic oxidation sites excluding steroid dienone is 1. The van der Waals surface area contributed by atoms with Crippen LogP contribution >= 0.6 is 11.3 Å². The van der Waals surface area contributed by atoms with Crippen LogP contribution in [-0.2, 0) is 6.42 Å². The molecule has 3 rings (SSSR count). The third-order valence-electron chi connectivity index (χ3n) is 4.33. The summed E-state index contributed by atoms with van der Waals surface area (Å²) in [5.74, 6) is 0.923. The zero-order valence-electron chi connectivity index (χ0n) is 16.2. The average molecular weight is 378 g/mol. The zero-order chi connectivity index (χ0) is 18.9. The maximum Gasteiger partial charge on any atom is 0.123 e. The van der Waals surface area contributed by atoms with Crippen molar-refractivity contribution < 1.29 is 4.74 Å². The van der Waals surface area contributed by atoms with Gasteiger partial charge in [-0.1, -0.05) is 68.8 Å². The first-order chi connectivity index (χ1) is 13.3. The first-order valence-electron chi connectivity index (χ1n) is 9.73. The van der Waals surface area contributed by atoms with Crippen LogP contribution in [0.15, 0.2) is 66.9 Å². The number of hydrogen-bond donors (Lipinski definition) is 0. The highest BCUT2D eigenvalue weighted by Crippen LogP contribution is 2.29. The van der Waals surface area contributed by atoms with Gasteiger partial charge in [0.15, 0.2) is 0 Å². The fraction of sp³-hybridized carbons (Fsp3) is 0.292. The van der Waals surface area contributed by atoms with Gasteiger partial charge in [-0.15, -0.1) is 11.3 Å². The standard InChI is InChI=1S/C24H27NOS/c1-3-5-6-7-17-26-22-15-13-20(14-16-22)19-9-11-21(12-10-19)24-25-18-23(27-24)8-4-2/h5-6,9-16,18H,3-4,7-8,17H2,1-2H3/b6-5-. The Hall–Kier alpha value is -2.39. The average Bonchev–Trinajstić information content (AvgIpc) is 3.17. The molecule has 0 amide bonds. The van der Waals surface area contributed by atoms with Gasteiger partial charge in [-0.05, 0) is 42.5 Å². The SMILES string of the molecule is CC/C=C\CCOc1ccc(-c2ccc(-c3ncc(CCC)s3)cc2)cc1. The van der Waals surface area contributed by atoms with Gasteiger partial charge < -0.3 is 4.74 Å². The molecule has 0 N–H and O–H groups in total. The van der Waals surface area contributed by atoms with E-state index >= 15 is 0 Å². The third kappa shape index (κ3) is 5.54. The van der Waals surface area contributed by atoms with Crippen LogP contribution in [0.5, 0.6) is 5.75 Å². The Labute approximate surface area is 166 Å². The Kier molecular flexibility index (Phi) is 7.23. The normalized spacial score (nSPS) is 11.2. The molecular weight excluding hydrogens is 350 g/mol. The molecule has 0 fully saturated rings. The van der Waals surface area contributed by atoms with E-state index in [4.69, 9.17) is 4.74 Å². The van der Waals surface area contributed by atoms with Crippen LogP contribution < -0.4 is 4.74 Å². The van der Waals surface area contributed by atoms with E-state index in [1.165, 1.54) is 21.6 Å². The van der Waals surface area contributed by atoms with E-state index in [0.717, 1.165) is 43.0 Å². The fourth-order valence-electron chi connectivity index (χ4n) is 2.88. The largest absolute Gasteiger partial charge is 0.493 e. The zero-order valence-corrected chi connectivity index (χ0v) is 17.0. The topological polar surface area (TPSA) is 22.1 Å². The number of aryl methyl sites for hydroxylation is 1. The van der Waals surface area contributed by atoms with E-state index in [1.54, 1.807) is 11.3 Å². The van der Waals surface area contributed by atoms with Crippen LogP contribution in [0.25, 0.3) is 21.7 Å². The number of thiazole rings is 1. The molecule has 0 bridgehead atoms. The molecule has 0 radical (unpaired) electrons. The van der Waals surface area contributed by atoms with Crippen molar-refractivity contribution in [3.8, 4) is 27.4 Å². The second-order valence-corrected chi connectivity index (χ2v) is 7.62. The predicted molar refractivity (Wildman–Crippen MR) is 117 cm³/mol. The molecule has 0 aliphatic carbocycles. The summed E-state index contributed by atoms with van der Waals surface area (Å²) in [7, 11) is 0. The maximum absolute atomic E-state index is 5.78. The number of nitrogens with zero attached hydrogens (tertiary/aromatic N) is 1. The van der Waals surface area contributed by atoms with Crippen molar-refractivity contribution in [3.05, 3.63) is 71.8 Å². The highest BCUT2D eigenvalue weighted by molar-refractivity contribution is 7.15. The number of rotatable bonds is 9. The summed E-state index contributed by atoms with van der Waals surface area (Å²) < 4.78 is 5.78. The lowest BCUT2D eigenvalue weighted by molar-refractivity contribution is 0.325. The summed E-state index contributed by atoms with van der Waals surface area (Å²) in [5, 5.41) is 1.10. The van der Waals surface area contributed by atoms with E-state index in [2.05, 4.69) is 67.4 Å². The molecule has 0 spiro atoms. The molecule has 3 heteroatoms. The Morgan fingerprint density at radius 1 is 0.889 bits per heavy atom. The van der Waals surface area contributed by atoms with Gasteiger partial charge in [0.1, 0.15) is 10.8 Å². The van der Waals surface area contributed by atoms with E-state index in [9.17, 15) is 0 Å². The highest BCUT2D eigenvalue weighted by atomic mass is 32.1. The molecule has 0 aliphatic heterocycles. The van der Waals surface area contributed by atoms with Gasteiger partial charge in [-0.3, -0.25) is 0 Å². The smallest absolute Gasteiger partial charge is 0.123 e. The minimum Gasteiger partial charge on any atom is -0.493 e. The summed E-state index contributed by atoms with van der Waals surface area (Å²) in [6.07, 6.45) is 10.7. The van der Waals surface area contributed by atoms with Crippen molar-refractivity contribution in [3.63, 3.8) is 0 Å². The van der Waals surface area contributed by atoms with Gasteiger partial charge in [0, 0.05) is 16.6 Å². The van der Waals surface area contributed by atoms with Crippen LogP contribution in [0.2, 0.25) is 0 Å². The Morgan fingerprint density at radius 2 is 1.56 bits per heavy atom. The van der Waals surface area contributed by atoms with E-state index < -0.39 is 0 Å². The monoisotopic (exact) mass is 377 g/mol. The first kappa shape index (κ1) is 19.4. The van der Waals surface area contributed by atoms with Crippen molar-refractivity contribution in [1.29, 1.82) is 0 Å². The molecule has 27 heavy (non-hydrogen) atoms. The number of benzene rings is 2. The molecule has 1 heterocycles. The predicted octanol–water partition coefficient (Wildman–Crippen LogP) is 7.16. The highest BCUT2D eigenvalue weighted by Gasteiger charge is 2.05. The van der Waals surface area contributed by atoms with Gasteiger partial charge in [0.2, 0.25) is 0 Å². The second-order valence-electron chi connectivity index (χ2n) is 6.50. The molecule has 3 aromatic rings. The van der Waals surface area contributed by atoms with Crippen LogP contribution in [-0.4, -0.2) is 11.6 Å². The lowest BCUT2D eigenvalue weighted by atomic mass is 10.0. The lowest BCUT2D eigenvalue weighted by Crippen LogP contribution is -1.95. The lowest BCUT2D eigenvalue weighted by Gasteiger charge is -2.07. The molecule has 2 aromatic carbocycles. The van der Waals surface area contributed by atoms with Crippen LogP contribution in [0.3, 0.4) is 0 Å². The minimum atomic E-state index is 0.721. The van der Waals surface area contributed by atoms with Crippen LogP contribution in [0.4, 0.5) is 0 Å². The van der Waals surface area contributed by atoms with E-state index in [-0.39, 0.29) is 0 Å². The molecule has 0 aliphatic rings. The fourth-order valence-corrected chi connectivity index (χ4v) is 3.90. The van der Waals surface area contributed by atoms with Crippen LogP contribution in [0, 0.1) is 0 Å². The molecule has 0 atom stereocenters. The van der Waals surface area contributed by atoms with Crippen molar-refractivity contribution >= 4 is 11.3 Å². The number of ether oxygens (including phenoxy) is 1. The molecule has 140 valence electrons. The van der Waals surface area contributed by atoms with Crippen molar-refractivity contribution in [2.75, 3.05) is 6.61 Å². The summed E-state index contributed by atoms with van der Waals surface area (Å²) in [5.41, 5.74) is 3.60. The van der Waals surface area contributed by atoms with Gasteiger partial charge >= 0.3 is 0 Å². The molecule has 0 saturated heterocycles. The summed E-state index contributed by atoms with van der Waals surface area (Å²) in [6.45, 7) is 5.07. The molecule has 2 nitrogen and oxygen atoms in total. The maximum atomic E-state index is 5.78. The van der Waals surface area contributed by atoms with E-state index in [0.29, 0.717) is 0 Å². The van der Waals surface area contributed by atoms with Crippen molar-refractivity contribution in [2.45, 2.75) is 39.5 Å². The quantitative estimate of drug-likeness (QED) is 0.291. The Bertz CT molecular complexity index is 847. The molecular formula is C24H27NOS. The van der Waals surface area contributed by atoms with Gasteiger partial charge in [-0.2, -0.15) is 0 Å². The van der Waals surface area contributed by atoms with Crippen molar-refractivity contribution in [2.24, 2.45) is 0 Å². The second kappa shape index (κ2) is 10.1. The number of aromatic nitrogens is 1. The Balaban J connectivity index is 1.61. The van der Waals surface area contributed by atoms with Gasteiger partial charge in [-0.25, -0.2) is 4.98 Å². The summed E-state index contributed by atoms with van der Waals surface area (Å²) >= 11 is 1.79. The van der Waals surface area contributed by atoms with Crippen molar-refractivity contribution in [1.82, 2.24) is 4.98 Å². The number of hydrogen-bond acceptors (Lipinski definition) is 3. The molecule has 0 saturated carbocycles. The minimum absolute atomic E-state index is 0.721.